The molecule has 2 aromatic rings. The van der Waals surface area contributed by atoms with Gasteiger partial charge in [-0.25, -0.2) is 4.39 Å². The maximum Gasteiger partial charge on any atom is 0.419 e. The standard InChI is InChI=1S/C20H17F4NO3/c21-18-11-14(3-6-17(18)20(22,23)24)19(27)25-9-7-16(8-10-25)28-15-4-1-13(12-26)2-5-15/h1-6,11-12,16H,7-10H2. The Morgan fingerprint density at radius 2 is 1.71 bits per heavy atom. The van der Waals surface area contributed by atoms with E-state index in [-0.39, 0.29) is 11.7 Å². The Bertz CT molecular complexity index is 857. The van der Waals surface area contributed by atoms with E-state index in [9.17, 15) is 27.2 Å². The van der Waals surface area contributed by atoms with Crippen LogP contribution in [0.25, 0.3) is 0 Å². The fourth-order valence-electron chi connectivity index (χ4n) is 3.05. The first-order valence-corrected chi connectivity index (χ1v) is 8.66. The second-order valence-electron chi connectivity index (χ2n) is 6.49. The summed E-state index contributed by atoms with van der Waals surface area (Å²) in [5.74, 6) is -1.36. The Morgan fingerprint density at radius 1 is 1.07 bits per heavy atom. The molecule has 0 aliphatic carbocycles. The molecule has 0 unspecified atom stereocenters. The Hall–Kier alpha value is -2.90. The molecule has 1 amide bonds. The number of rotatable bonds is 4. The molecule has 28 heavy (non-hydrogen) atoms. The number of amides is 1. The summed E-state index contributed by atoms with van der Waals surface area (Å²) in [6, 6.07) is 8.86. The van der Waals surface area contributed by atoms with Gasteiger partial charge < -0.3 is 9.64 Å². The van der Waals surface area contributed by atoms with E-state index in [1.165, 1.54) is 4.90 Å². The molecule has 4 nitrogen and oxygen atoms in total. The molecule has 2 aromatic carbocycles. The Balaban J connectivity index is 1.59. The quantitative estimate of drug-likeness (QED) is 0.572. The van der Waals surface area contributed by atoms with E-state index in [2.05, 4.69) is 0 Å². The smallest absolute Gasteiger partial charge is 0.419 e. The molecule has 148 valence electrons. The number of carbonyl (C=O) groups excluding carboxylic acids is 2. The number of alkyl halides is 3. The number of aldehydes is 1. The van der Waals surface area contributed by atoms with Crippen LogP contribution in [-0.2, 0) is 6.18 Å². The van der Waals surface area contributed by atoms with Gasteiger partial charge in [0.25, 0.3) is 5.91 Å². The van der Waals surface area contributed by atoms with Gasteiger partial charge in [0.2, 0.25) is 0 Å². The normalized spacial score (nSPS) is 15.4. The van der Waals surface area contributed by atoms with Crippen LogP contribution in [0.3, 0.4) is 0 Å². The first-order chi connectivity index (χ1) is 13.3. The largest absolute Gasteiger partial charge is 0.490 e. The lowest BCUT2D eigenvalue weighted by Gasteiger charge is -2.32. The van der Waals surface area contributed by atoms with Crippen molar-refractivity contribution in [1.29, 1.82) is 0 Å². The zero-order valence-electron chi connectivity index (χ0n) is 14.7. The molecule has 0 spiro atoms. The summed E-state index contributed by atoms with van der Waals surface area (Å²) < 4.78 is 57.4. The number of carbonyl (C=O) groups is 2. The van der Waals surface area contributed by atoms with Crippen molar-refractivity contribution in [2.75, 3.05) is 13.1 Å². The molecule has 1 aliphatic heterocycles. The summed E-state index contributed by atoms with van der Waals surface area (Å²) in [7, 11) is 0. The molecule has 1 saturated heterocycles. The summed E-state index contributed by atoms with van der Waals surface area (Å²) in [5, 5.41) is 0. The predicted molar refractivity (Wildman–Crippen MR) is 92.8 cm³/mol. The molecule has 0 radical (unpaired) electrons. The first-order valence-electron chi connectivity index (χ1n) is 8.66. The van der Waals surface area contributed by atoms with Crippen molar-refractivity contribution >= 4 is 12.2 Å². The Kier molecular flexibility index (Phi) is 5.67. The van der Waals surface area contributed by atoms with Crippen LogP contribution in [0.5, 0.6) is 5.75 Å². The molecule has 0 N–H and O–H groups in total. The van der Waals surface area contributed by atoms with Gasteiger partial charge in [0.15, 0.2) is 0 Å². The van der Waals surface area contributed by atoms with E-state index in [0.717, 1.165) is 12.4 Å². The molecule has 3 rings (SSSR count). The van der Waals surface area contributed by atoms with E-state index in [1.54, 1.807) is 24.3 Å². The highest BCUT2D eigenvalue weighted by atomic mass is 19.4. The van der Waals surface area contributed by atoms with Crippen molar-refractivity contribution in [3.8, 4) is 5.75 Å². The van der Waals surface area contributed by atoms with Crippen LogP contribution in [-0.4, -0.2) is 36.3 Å². The van der Waals surface area contributed by atoms with Crippen molar-refractivity contribution < 1.29 is 31.9 Å². The third-order valence-corrected chi connectivity index (χ3v) is 4.57. The minimum absolute atomic E-state index is 0.116. The summed E-state index contributed by atoms with van der Waals surface area (Å²) in [6.45, 7) is 0.692. The maximum atomic E-state index is 13.7. The Morgan fingerprint density at radius 3 is 2.25 bits per heavy atom. The van der Waals surface area contributed by atoms with Crippen LogP contribution in [0.15, 0.2) is 42.5 Å². The van der Waals surface area contributed by atoms with E-state index in [0.29, 0.717) is 49.4 Å². The van der Waals surface area contributed by atoms with Crippen LogP contribution in [0.1, 0.15) is 39.1 Å². The lowest BCUT2D eigenvalue weighted by Crippen LogP contribution is -2.41. The SMILES string of the molecule is O=Cc1ccc(OC2CCN(C(=O)c3ccc(C(F)(F)F)c(F)c3)CC2)cc1. The molecule has 0 bridgehead atoms. The van der Waals surface area contributed by atoms with Crippen molar-refractivity contribution in [1.82, 2.24) is 4.90 Å². The van der Waals surface area contributed by atoms with Crippen molar-refractivity contribution in [3.05, 3.63) is 65.0 Å². The molecule has 1 aliphatic rings. The van der Waals surface area contributed by atoms with Gasteiger partial charge in [-0.1, -0.05) is 0 Å². The van der Waals surface area contributed by atoms with Crippen LogP contribution < -0.4 is 4.74 Å². The average Bonchev–Trinajstić information content (AvgIpc) is 2.67. The number of ether oxygens (including phenoxy) is 1. The third kappa shape index (κ3) is 4.49. The van der Waals surface area contributed by atoms with Crippen LogP contribution in [0, 0.1) is 5.82 Å². The number of halogens is 4. The summed E-state index contributed by atoms with van der Waals surface area (Å²) >= 11 is 0. The fourth-order valence-corrected chi connectivity index (χ4v) is 3.05. The first kappa shape index (κ1) is 19.9. The number of nitrogens with zero attached hydrogens (tertiary/aromatic N) is 1. The van der Waals surface area contributed by atoms with Gasteiger partial charge in [-0.15, -0.1) is 0 Å². The maximum absolute atomic E-state index is 13.7. The molecular weight excluding hydrogens is 378 g/mol. The van der Waals surface area contributed by atoms with E-state index in [4.69, 9.17) is 4.74 Å². The van der Waals surface area contributed by atoms with E-state index < -0.39 is 23.5 Å². The minimum Gasteiger partial charge on any atom is -0.490 e. The minimum atomic E-state index is -4.80. The van der Waals surface area contributed by atoms with Crippen LogP contribution >= 0.6 is 0 Å². The topological polar surface area (TPSA) is 46.6 Å². The summed E-state index contributed by atoms with van der Waals surface area (Å²) in [6.07, 6.45) is -3.13. The highest BCUT2D eigenvalue weighted by Gasteiger charge is 2.34. The number of likely N-dealkylation sites (tertiary alicyclic amines) is 1. The number of piperidine rings is 1. The van der Waals surface area contributed by atoms with Crippen molar-refractivity contribution in [3.63, 3.8) is 0 Å². The number of hydrogen-bond donors (Lipinski definition) is 0. The van der Waals surface area contributed by atoms with Gasteiger partial charge in [0.1, 0.15) is 24.0 Å². The fraction of sp³-hybridized carbons (Fsp3) is 0.300. The summed E-state index contributed by atoms with van der Waals surface area (Å²) in [5.41, 5.74) is -0.970. The van der Waals surface area contributed by atoms with E-state index >= 15 is 0 Å². The van der Waals surface area contributed by atoms with E-state index in [1.807, 2.05) is 0 Å². The molecule has 1 heterocycles. The molecule has 0 aromatic heterocycles. The van der Waals surface area contributed by atoms with Gasteiger partial charge in [-0.05, 0) is 42.5 Å². The molecule has 8 heteroatoms. The lowest BCUT2D eigenvalue weighted by molar-refractivity contribution is -0.140. The van der Waals surface area contributed by atoms with Gasteiger partial charge in [0.05, 0.1) is 5.56 Å². The van der Waals surface area contributed by atoms with Gasteiger partial charge in [-0.3, -0.25) is 9.59 Å². The van der Waals surface area contributed by atoms with Gasteiger partial charge in [0, 0.05) is 37.1 Å². The van der Waals surface area contributed by atoms with Crippen LogP contribution in [0.2, 0.25) is 0 Å². The third-order valence-electron chi connectivity index (χ3n) is 4.57. The molecule has 1 fully saturated rings. The second-order valence-corrected chi connectivity index (χ2v) is 6.49. The lowest BCUT2D eigenvalue weighted by atomic mass is 10.0. The molecular formula is C20H17F4NO3. The second kappa shape index (κ2) is 8.00. The number of benzene rings is 2. The van der Waals surface area contributed by atoms with Crippen molar-refractivity contribution in [2.45, 2.75) is 25.1 Å². The van der Waals surface area contributed by atoms with Crippen LogP contribution in [0.4, 0.5) is 17.6 Å². The molecule has 0 saturated carbocycles. The predicted octanol–water partition coefficient (Wildman–Crippen LogP) is 4.34. The number of hydrogen-bond acceptors (Lipinski definition) is 3. The Labute approximate surface area is 158 Å². The average molecular weight is 395 g/mol. The molecule has 0 atom stereocenters. The monoisotopic (exact) mass is 395 g/mol. The van der Waals surface area contributed by atoms with Crippen molar-refractivity contribution in [2.24, 2.45) is 0 Å². The zero-order chi connectivity index (χ0) is 20.3. The van der Waals surface area contributed by atoms with Gasteiger partial charge >= 0.3 is 6.18 Å². The summed E-state index contributed by atoms with van der Waals surface area (Å²) in [4.78, 5) is 24.6. The zero-order valence-corrected chi connectivity index (χ0v) is 14.7. The van der Waals surface area contributed by atoms with Gasteiger partial charge in [-0.2, -0.15) is 13.2 Å². The highest BCUT2D eigenvalue weighted by Crippen LogP contribution is 2.32. The highest BCUT2D eigenvalue weighted by molar-refractivity contribution is 5.94.